The van der Waals surface area contributed by atoms with Gasteiger partial charge in [-0.15, -0.1) is 0 Å². The van der Waals surface area contributed by atoms with Gasteiger partial charge in [-0.05, 0) is 26.3 Å². The van der Waals surface area contributed by atoms with Gasteiger partial charge in [0.15, 0.2) is 6.10 Å². The summed E-state index contributed by atoms with van der Waals surface area (Å²) in [7, 11) is 0. The van der Waals surface area contributed by atoms with E-state index in [4.69, 9.17) is 9.47 Å². The van der Waals surface area contributed by atoms with Crippen LogP contribution < -0.4 is 5.32 Å². The summed E-state index contributed by atoms with van der Waals surface area (Å²) >= 11 is 0. The lowest BCUT2D eigenvalue weighted by molar-refractivity contribution is -0.165. The quantitative estimate of drug-likeness (QED) is 0.785. The number of carbonyl (C=O) groups is 2. The second kappa shape index (κ2) is 8.38. The molecule has 0 saturated carbocycles. The third kappa shape index (κ3) is 7.64. The molecule has 0 radical (unpaired) electrons. The Bertz CT molecular complexity index is 481. The highest BCUT2D eigenvalue weighted by Crippen LogP contribution is 2.09. The lowest BCUT2D eigenvalue weighted by atomic mass is 10.2. The van der Waals surface area contributed by atoms with E-state index in [0.717, 1.165) is 5.56 Å². The highest BCUT2D eigenvalue weighted by Gasteiger charge is 2.23. The summed E-state index contributed by atoms with van der Waals surface area (Å²) in [5, 5.41) is 12.1. The first-order valence-corrected chi connectivity index (χ1v) is 7.13. The molecule has 0 saturated heterocycles. The minimum absolute atomic E-state index is 0.0648. The molecular weight excluding hydrogens is 286 g/mol. The van der Waals surface area contributed by atoms with Crippen LogP contribution in [0.5, 0.6) is 0 Å². The fraction of sp³-hybridized carbons (Fsp3) is 0.500. The van der Waals surface area contributed by atoms with Crippen molar-refractivity contribution in [2.45, 2.75) is 45.5 Å². The fourth-order valence-electron chi connectivity index (χ4n) is 1.57. The number of rotatable bonds is 6. The Hall–Kier alpha value is -2.08. The predicted molar refractivity (Wildman–Crippen MR) is 81.1 cm³/mol. The largest absolute Gasteiger partial charge is 0.458 e. The van der Waals surface area contributed by atoms with E-state index in [1.165, 1.54) is 0 Å². The summed E-state index contributed by atoms with van der Waals surface area (Å²) < 4.78 is 10.0. The van der Waals surface area contributed by atoms with E-state index in [9.17, 15) is 14.7 Å². The van der Waals surface area contributed by atoms with Crippen LogP contribution in [0.15, 0.2) is 30.3 Å². The molecule has 0 unspecified atom stereocenters. The Balaban J connectivity index is 2.20. The maximum absolute atomic E-state index is 11.5. The summed E-state index contributed by atoms with van der Waals surface area (Å²) in [4.78, 5) is 23.0. The molecule has 2 N–H and O–H groups in total. The Labute approximate surface area is 130 Å². The van der Waals surface area contributed by atoms with Crippen molar-refractivity contribution >= 4 is 12.1 Å². The minimum Gasteiger partial charge on any atom is -0.458 e. The van der Waals surface area contributed by atoms with Gasteiger partial charge < -0.3 is 19.9 Å². The monoisotopic (exact) mass is 309 g/mol. The van der Waals surface area contributed by atoms with Crippen molar-refractivity contribution in [1.82, 2.24) is 5.32 Å². The first-order chi connectivity index (χ1) is 10.3. The Kier molecular flexibility index (Phi) is 6.85. The Morgan fingerprint density at radius 2 is 1.86 bits per heavy atom. The van der Waals surface area contributed by atoms with Gasteiger partial charge >= 0.3 is 12.1 Å². The van der Waals surface area contributed by atoms with Crippen molar-refractivity contribution in [1.29, 1.82) is 0 Å². The van der Waals surface area contributed by atoms with Crippen LogP contribution in [-0.2, 0) is 20.9 Å². The Morgan fingerprint density at radius 3 is 2.45 bits per heavy atom. The van der Waals surface area contributed by atoms with E-state index in [1.54, 1.807) is 20.8 Å². The molecule has 0 fully saturated rings. The number of ether oxygens (including phenoxy) is 2. The predicted octanol–water partition coefficient (Wildman–Crippen LogP) is 2.01. The lowest BCUT2D eigenvalue weighted by Crippen LogP contribution is -2.35. The summed E-state index contributed by atoms with van der Waals surface area (Å²) in [5.74, 6) is -0.702. The number of benzene rings is 1. The van der Waals surface area contributed by atoms with Crippen molar-refractivity contribution in [3.05, 3.63) is 35.9 Å². The fourth-order valence-corrected chi connectivity index (χ4v) is 1.57. The average molecular weight is 309 g/mol. The number of hydrogen-bond acceptors (Lipinski definition) is 5. The molecule has 1 aromatic carbocycles. The molecule has 1 amide bonds. The van der Waals surface area contributed by atoms with Crippen LogP contribution in [0, 0.1) is 0 Å². The molecule has 0 aliphatic carbocycles. The summed E-state index contributed by atoms with van der Waals surface area (Å²) in [6, 6.07) is 9.28. The number of amides is 1. The van der Waals surface area contributed by atoms with Gasteiger partial charge in [0, 0.05) is 13.0 Å². The van der Waals surface area contributed by atoms with Gasteiger partial charge in [-0.25, -0.2) is 9.59 Å². The molecule has 0 heterocycles. The van der Waals surface area contributed by atoms with E-state index in [0.29, 0.717) is 0 Å². The number of esters is 1. The molecule has 0 spiro atoms. The van der Waals surface area contributed by atoms with Crippen LogP contribution >= 0.6 is 0 Å². The van der Waals surface area contributed by atoms with E-state index in [-0.39, 0.29) is 19.6 Å². The van der Waals surface area contributed by atoms with Crippen molar-refractivity contribution in [3.8, 4) is 0 Å². The zero-order valence-electron chi connectivity index (χ0n) is 13.2. The lowest BCUT2D eigenvalue weighted by Gasteiger charge is -2.21. The standard InChI is InChI=1S/C16H23NO5/c1-16(2,3)22-14(19)13(18)9-10-17-15(20)21-11-12-7-5-4-6-8-12/h4-8,13,18H,9-11H2,1-3H3,(H,17,20)/t13-/m0/s1. The van der Waals surface area contributed by atoms with Crippen LogP contribution in [0.2, 0.25) is 0 Å². The van der Waals surface area contributed by atoms with Crippen LogP contribution in [0.3, 0.4) is 0 Å². The number of hydrogen-bond donors (Lipinski definition) is 2. The molecule has 6 nitrogen and oxygen atoms in total. The van der Waals surface area contributed by atoms with Gasteiger partial charge in [0.25, 0.3) is 0 Å². The van der Waals surface area contributed by atoms with Crippen LogP contribution in [0.4, 0.5) is 4.79 Å². The molecule has 122 valence electrons. The smallest absolute Gasteiger partial charge is 0.407 e. The molecular formula is C16H23NO5. The number of aliphatic hydroxyl groups excluding tert-OH is 1. The van der Waals surface area contributed by atoms with Gasteiger partial charge in [0.1, 0.15) is 12.2 Å². The maximum Gasteiger partial charge on any atom is 0.407 e. The van der Waals surface area contributed by atoms with Gasteiger partial charge in [-0.3, -0.25) is 0 Å². The minimum atomic E-state index is -1.27. The molecule has 22 heavy (non-hydrogen) atoms. The van der Waals surface area contributed by atoms with E-state index < -0.39 is 23.8 Å². The molecule has 1 atom stereocenters. The second-order valence-electron chi connectivity index (χ2n) is 5.83. The van der Waals surface area contributed by atoms with Crippen molar-refractivity contribution in [2.75, 3.05) is 6.54 Å². The normalized spacial score (nSPS) is 12.4. The highest BCUT2D eigenvalue weighted by atomic mass is 16.6. The molecule has 1 rings (SSSR count). The third-order valence-corrected chi connectivity index (χ3v) is 2.58. The molecule has 0 aliphatic heterocycles. The highest BCUT2D eigenvalue weighted by molar-refractivity contribution is 5.75. The SMILES string of the molecule is CC(C)(C)OC(=O)[C@@H](O)CCNC(=O)OCc1ccccc1. The van der Waals surface area contributed by atoms with E-state index in [1.807, 2.05) is 30.3 Å². The van der Waals surface area contributed by atoms with Crippen molar-refractivity contribution < 1.29 is 24.2 Å². The number of alkyl carbamates (subject to hydrolysis) is 1. The molecule has 1 aromatic rings. The van der Waals surface area contributed by atoms with Crippen LogP contribution in [-0.4, -0.2) is 35.4 Å². The zero-order valence-corrected chi connectivity index (χ0v) is 13.2. The van der Waals surface area contributed by atoms with Crippen LogP contribution in [0.1, 0.15) is 32.8 Å². The van der Waals surface area contributed by atoms with Crippen molar-refractivity contribution in [2.24, 2.45) is 0 Å². The third-order valence-electron chi connectivity index (χ3n) is 2.58. The zero-order chi connectivity index (χ0) is 16.6. The topological polar surface area (TPSA) is 84.9 Å². The molecule has 0 aromatic heterocycles. The first-order valence-electron chi connectivity index (χ1n) is 7.13. The number of nitrogens with one attached hydrogen (secondary N) is 1. The molecule has 0 bridgehead atoms. The second-order valence-corrected chi connectivity index (χ2v) is 5.83. The first kappa shape index (κ1) is 18.0. The van der Waals surface area contributed by atoms with E-state index in [2.05, 4.69) is 5.32 Å². The van der Waals surface area contributed by atoms with Gasteiger partial charge in [0.2, 0.25) is 0 Å². The maximum atomic E-state index is 11.5. The number of aliphatic hydroxyl groups is 1. The Morgan fingerprint density at radius 1 is 1.23 bits per heavy atom. The summed E-state index contributed by atoms with van der Waals surface area (Å²) in [5.41, 5.74) is 0.228. The molecule has 0 aliphatic rings. The van der Waals surface area contributed by atoms with Gasteiger partial charge in [-0.2, -0.15) is 0 Å². The van der Waals surface area contributed by atoms with Crippen LogP contribution in [0.25, 0.3) is 0 Å². The molecule has 6 heteroatoms. The van der Waals surface area contributed by atoms with E-state index >= 15 is 0 Å². The number of carbonyl (C=O) groups excluding carboxylic acids is 2. The van der Waals surface area contributed by atoms with Gasteiger partial charge in [0.05, 0.1) is 0 Å². The summed E-state index contributed by atoms with van der Waals surface area (Å²) in [6.07, 6.45) is -1.80. The summed E-state index contributed by atoms with van der Waals surface area (Å²) in [6.45, 7) is 5.44. The van der Waals surface area contributed by atoms with Crippen molar-refractivity contribution in [3.63, 3.8) is 0 Å². The average Bonchev–Trinajstić information content (AvgIpc) is 2.44. The van der Waals surface area contributed by atoms with Gasteiger partial charge in [-0.1, -0.05) is 30.3 Å².